The average molecular weight is 346 g/mol. The predicted molar refractivity (Wildman–Crippen MR) is 105 cm³/mol. The Hall–Kier alpha value is -3.21. The number of amides is 1. The summed E-state index contributed by atoms with van der Waals surface area (Å²) in [6, 6.07) is 17.4. The van der Waals surface area contributed by atoms with Crippen LogP contribution in [-0.4, -0.2) is 22.9 Å². The molecule has 2 aromatic carbocycles. The van der Waals surface area contributed by atoms with Gasteiger partial charge in [0, 0.05) is 24.1 Å². The summed E-state index contributed by atoms with van der Waals surface area (Å²) in [6.45, 7) is 5.87. The maximum atomic E-state index is 12.7. The van der Waals surface area contributed by atoms with Gasteiger partial charge < -0.3 is 10.2 Å². The van der Waals surface area contributed by atoms with Gasteiger partial charge in [-0.15, -0.1) is 0 Å². The first-order valence-electron chi connectivity index (χ1n) is 8.48. The molecule has 1 N–H and O–H groups in total. The summed E-state index contributed by atoms with van der Waals surface area (Å²) in [6.07, 6.45) is 0. The highest BCUT2D eigenvalue weighted by Gasteiger charge is 2.15. The zero-order valence-corrected chi connectivity index (χ0v) is 15.4. The van der Waals surface area contributed by atoms with E-state index in [4.69, 9.17) is 0 Å². The zero-order valence-electron chi connectivity index (χ0n) is 15.4. The fourth-order valence-electron chi connectivity index (χ4n) is 2.66. The summed E-state index contributed by atoms with van der Waals surface area (Å²) in [5.74, 6) is 0.245. The molecule has 0 bridgehead atoms. The van der Waals surface area contributed by atoms with Gasteiger partial charge in [0.2, 0.25) is 5.95 Å². The molecule has 0 unspecified atom stereocenters. The molecular weight excluding hydrogens is 324 g/mol. The summed E-state index contributed by atoms with van der Waals surface area (Å²) in [5, 5.41) is 2.95. The van der Waals surface area contributed by atoms with Crippen LogP contribution in [-0.2, 0) is 0 Å². The van der Waals surface area contributed by atoms with E-state index >= 15 is 0 Å². The van der Waals surface area contributed by atoms with E-state index in [0.29, 0.717) is 11.6 Å². The second kappa shape index (κ2) is 7.35. The van der Waals surface area contributed by atoms with Crippen LogP contribution in [0.1, 0.15) is 27.3 Å². The quantitative estimate of drug-likeness (QED) is 0.759. The third kappa shape index (κ3) is 3.72. The molecule has 0 radical (unpaired) electrons. The highest BCUT2D eigenvalue weighted by atomic mass is 16.1. The van der Waals surface area contributed by atoms with Crippen molar-refractivity contribution in [2.45, 2.75) is 20.8 Å². The van der Waals surface area contributed by atoms with Gasteiger partial charge >= 0.3 is 0 Å². The van der Waals surface area contributed by atoms with Crippen LogP contribution in [0, 0.1) is 20.8 Å². The second-order valence-corrected chi connectivity index (χ2v) is 6.29. The van der Waals surface area contributed by atoms with Crippen molar-refractivity contribution in [2.24, 2.45) is 0 Å². The molecule has 0 saturated heterocycles. The first-order valence-corrected chi connectivity index (χ1v) is 8.48. The Morgan fingerprint density at radius 3 is 2.42 bits per heavy atom. The van der Waals surface area contributed by atoms with Gasteiger partial charge in [-0.25, -0.2) is 9.97 Å². The third-order valence-corrected chi connectivity index (χ3v) is 4.37. The Bertz CT molecular complexity index is 938. The van der Waals surface area contributed by atoms with Gasteiger partial charge in [-0.1, -0.05) is 30.3 Å². The Kier molecular flexibility index (Phi) is 4.98. The number of hydrogen-bond donors (Lipinski definition) is 1. The Balaban J connectivity index is 1.90. The first-order chi connectivity index (χ1) is 12.5. The molecular formula is C21H22N4O. The average Bonchev–Trinajstić information content (AvgIpc) is 2.65. The number of nitrogens with zero attached hydrogens (tertiary/aromatic N) is 3. The van der Waals surface area contributed by atoms with Crippen molar-refractivity contribution in [1.29, 1.82) is 0 Å². The van der Waals surface area contributed by atoms with Crippen molar-refractivity contribution in [3.8, 4) is 0 Å². The molecule has 0 fully saturated rings. The number of aryl methyl sites for hydroxylation is 2. The lowest BCUT2D eigenvalue weighted by molar-refractivity contribution is 0.102. The van der Waals surface area contributed by atoms with E-state index in [1.807, 2.05) is 81.2 Å². The first kappa shape index (κ1) is 17.6. The molecule has 0 spiro atoms. The van der Waals surface area contributed by atoms with Gasteiger partial charge in [-0.2, -0.15) is 0 Å². The molecule has 5 nitrogen and oxygen atoms in total. The predicted octanol–water partition coefficient (Wildman–Crippen LogP) is 4.42. The molecule has 1 amide bonds. The standard InChI is InChI=1S/C21H22N4O/c1-14-9-8-12-18(16(14)3)23-20(26)19-13-15(2)22-21(24-19)25(4)17-10-6-5-7-11-17/h5-13H,1-4H3,(H,23,26). The minimum Gasteiger partial charge on any atom is -0.320 e. The zero-order chi connectivity index (χ0) is 18.7. The Morgan fingerprint density at radius 1 is 0.962 bits per heavy atom. The van der Waals surface area contributed by atoms with Crippen LogP contribution in [0.3, 0.4) is 0 Å². The number of aromatic nitrogens is 2. The molecule has 3 aromatic rings. The van der Waals surface area contributed by atoms with E-state index in [9.17, 15) is 4.79 Å². The Labute approximate surface area is 153 Å². The number of hydrogen-bond acceptors (Lipinski definition) is 4. The van der Waals surface area contributed by atoms with Crippen molar-refractivity contribution < 1.29 is 4.79 Å². The highest BCUT2D eigenvalue weighted by molar-refractivity contribution is 6.03. The molecule has 26 heavy (non-hydrogen) atoms. The topological polar surface area (TPSA) is 58.1 Å². The van der Waals surface area contributed by atoms with Gasteiger partial charge in [0.15, 0.2) is 0 Å². The second-order valence-electron chi connectivity index (χ2n) is 6.29. The number of carbonyl (C=O) groups is 1. The van der Waals surface area contributed by atoms with Crippen LogP contribution in [0.4, 0.5) is 17.3 Å². The third-order valence-electron chi connectivity index (χ3n) is 4.37. The number of carbonyl (C=O) groups excluding carboxylic acids is 1. The summed E-state index contributed by atoms with van der Waals surface area (Å²) in [7, 11) is 1.89. The van der Waals surface area contributed by atoms with Crippen LogP contribution in [0.2, 0.25) is 0 Å². The van der Waals surface area contributed by atoms with E-state index < -0.39 is 0 Å². The van der Waals surface area contributed by atoms with Crippen molar-refractivity contribution in [3.05, 3.63) is 77.1 Å². The van der Waals surface area contributed by atoms with E-state index in [-0.39, 0.29) is 5.91 Å². The minimum atomic E-state index is -0.244. The summed E-state index contributed by atoms with van der Waals surface area (Å²) in [4.78, 5) is 23.5. The summed E-state index contributed by atoms with van der Waals surface area (Å²) in [5.41, 5.74) is 5.02. The van der Waals surface area contributed by atoms with Crippen LogP contribution >= 0.6 is 0 Å². The molecule has 0 saturated carbocycles. The van der Waals surface area contributed by atoms with Gasteiger partial charge in [0.1, 0.15) is 5.69 Å². The van der Waals surface area contributed by atoms with E-state index in [0.717, 1.165) is 28.2 Å². The lowest BCUT2D eigenvalue weighted by Gasteiger charge is -2.18. The van der Waals surface area contributed by atoms with Gasteiger partial charge in [0.05, 0.1) is 0 Å². The SMILES string of the molecule is Cc1cc(C(=O)Nc2cccc(C)c2C)nc(N(C)c2ccccc2)n1. The van der Waals surface area contributed by atoms with Crippen LogP contribution in [0.5, 0.6) is 0 Å². The highest BCUT2D eigenvalue weighted by Crippen LogP contribution is 2.22. The maximum absolute atomic E-state index is 12.7. The normalized spacial score (nSPS) is 10.5. The molecule has 1 heterocycles. The van der Waals surface area contributed by atoms with Crippen molar-refractivity contribution in [2.75, 3.05) is 17.3 Å². The molecule has 0 aliphatic heterocycles. The van der Waals surface area contributed by atoms with Crippen molar-refractivity contribution in [3.63, 3.8) is 0 Å². The molecule has 5 heteroatoms. The fraction of sp³-hybridized carbons (Fsp3) is 0.190. The van der Waals surface area contributed by atoms with Crippen LogP contribution in [0.15, 0.2) is 54.6 Å². The van der Waals surface area contributed by atoms with Crippen LogP contribution in [0.25, 0.3) is 0 Å². The van der Waals surface area contributed by atoms with Gasteiger partial charge in [0.25, 0.3) is 5.91 Å². The minimum absolute atomic E-state index is 0.244. The largest absolute Gasteiger partial charge is 0.320 e. The lowest BCUT2D eigenvalue weighted by atomic mass is 10.1. The van der Waals surface area contributed by atoms with Gasteiger partial charge in [-0.3, -0.25) is 4.79 Å². The molecule has 0 aliphatic rings. The van der Waals surface area contributed by atoms with Crippen LogP contribution < -0.4 is 10.2 Å². The number of para-hydroxylation sites is 1. The molecule has 1 aromatic heterocycles. The summed E-state index contributed by atoms with van der Waals surface area (Å²) >= 11 is 0. The monoisotopic (exact) mass is 346 g/mol. The van der Waals surface area contributed by atoms with Crippen molar-refractivity contribution >= 4 is 23.2 Å². The Morgan fingerprint density at radius 2 is 1.69 bits per heavy atom. The number of nitrogens with one attached hydrogen (secondary N) is 1. The van der Waals surface area contributed by atoms with E-state index in [2.05, 4.69) is 15.3 Å². The summed E-state index contributed by atoms with van der Waals surface area (Å²) < 4.78 is 0. The fourth-order valence-corrected chi connectivity index (χ4v) is 2.66. The van der Waals surface area contributed by atoms with Crippen molar-refractivity contribution in [1.82, 2.24) is 9.97 Å². The smallest absolute Gasteiger partial charge is 0.274 e. The molecule has 3 rings (SSSR count). The maximum Gasteiger partial charge on any atom is 0.274 e. The van der Waals surface area contributed by atoms with Gasteiger partial charge in [-0.05, 0) is 56.2 Å². The van der Waals surface area contributed by atoms with E-state index in [1.54, 1.807) is 6.07 Å². The van der Waals surface area contributed by atoms with E-state index in [1.165, 1.54) is 0 Å². The molecule has 132 valence electrons. The molecule has 0 aliphatic carbocycles. The number of anilines is 3. The number of rotatable bonds is 4. The lowest BCUT2D eigenvalue weighted by Crippen LogP contribution is -2.19. The number of benzene rings is 2. The molecule has 0 atom stereocenters.